The normalized spacial score (nSPS) is 12.5. The molecule has 1 rings (SSSR count). The third kappa shape index (κ3) is 4.20. The van der Waals surface area contributed by atoms with Crippen LogP contribution in [-0.4, -0.2) is 17.1 Å². The van der Waals surface area contributed by atoms with Gasteiger partial charge in [-0.3, -0.25) is 4.79 Å². The van der Waals surface area contributed by atoms with Crippen molar-refractivity contribution < 1.29 is 9.90 Å². The minimum absolute atomic E-state index is 0. The number of phenols is 1. The van der Waals surface area contributed by atoms with Gasteiger partial charge in [0.1, 0.15) is 5.75 Å². The largest absolute Gasteiger partial charge is 0.506 e. The summed E-state index contributed by atoms with van der Waals surface area (Å²) in [6, 6.07) is 4.59. The van der Waals surface area contributed by atoms with Gasteiger partial charge in [-0.25, -0.2) is 0 Å². The summed E-state index contributed by atoms with van der Waals surface area (Å²) in [5.41, 5.74) is 6.86. The Bertz CT molecular complexity index is 425. The van der Waals surface area contributed by atoms with E-state index in [4.69, 9.17) is 5.73 Å². The van der Waals surface area contributed by atoms with Gasteiger partial charge in [0.2, 0.25) is 5.91 Å². The molecule has 0 heterocycles. The van der Waals surface area contributed by atoms with E-state index < -0.39 is 6.04 Å². The number of benzene rings is 1. The van der Waals surface area contributed by atoms with Crippen LogP contribution >= 0.6 is 12.4 Å². The smallest absolute Gasteiger partial charge is 0.241 e. The van der Waals surface area contributed by atoms with Crippen molar-refractivity contribution in [2.24, 2.45) is 5.73 Å². The number of aromatic hydroxyl groups is 1. The molecule has 102 valence electrons. The topological polar surface area (TPSA) is 75.4 Å². The van der Waals surface area contributed by atoms with Gasteiger partial charge in [-0.2, -0.15) is 0 Å². The van der Waals surface area contributed by atoms with E-state index in [1.54, 1.807) is 19.1 Å². The fourth-order valence-electron chi connectivity index (χ4n) is 1.35. The number of phenolic OH excluding ortho intramolecular Hbond substituents is 1. The number of anilines is 1. The van der Waals surface area contributed by atoms with Gasteiger partial charge in [-0.15, -0.1) is 12.4 Å². The fourth-order valence-corrected chi connectivity index (χ4v) is 1.35. The van der Waals surface area contributed by atoms with E-state index in [2.05, 4.69) is 26.1 Å². The summed E-state index contributed by atoms with van der Waals surface area (Å²) in [4.78, 5) is 11.5. The molecule has 4 N–H and O–H groups in total. The first-order chi connectivity index (χ1) is 7.71. The molecule has 5 heteroatoms. The highest BCUT2D eigenvalue weighted by Crippen LogP contribution is 2.30. The van der Waals surface area contributed by atoms with Crippen LogP contribution in [0.2, 0.25) is 0 Å². The summed E-state index contributed by atoms with van der Waals surface area (Å²) < 4.78 is 0. The van der Waals surface area contributed by atoms with Gasteiger partial charge in [-0.1, -0.05) is 26.8 Å². The first-order valence-corrected chi connectivity index (χ1v) is 5.62. The molecule has 1 atom stereocenters. The molecule has 18 heavy (non-hydrogen) atoms. The molecular weight excluding hydrogens is 252 g/mol. The number of carbonyl (C=O) groups excluding carboxylic acids is 1. The zero-order chi connectivity index (χ0) is 13.2. The van der Waals surface area contributed by atoms with Crippen molar-refractivity contribution >= 4 is 24.0 Å². The van der Waals surface area contributed by atoms with Crippen molar-refractivity contribution in [2.45, 2.75) is 39.2 Å². The molecule has 1 aromatic rings. The van der Waals surface area contributed by atoms with Crippen LogP contribution in [0.25, 0.3) is 0 Å². The molecule has 0 aliphatic carbocycles. The number of halogens is 1. The van der Waals surface area contributed by atoms with Gasteiger partial charge >= 0.3 is 0 Å². The second kappa shape index (κ2) is 6.07. The van der Waals surface area contributed by atoms with Gasteiger partial charge in [0.15, 0.2) is 0 Å². The van der Waals surface area contributed by atoms with Gasteiger partial charge < -0.3 is 16.2 Å². The Kier molecular flexibility index (Phi) is 5.64. The Morgan fingerprint density at radius 2 is 1.94 bits per heavy atom. The lowest BCUT2D eigenvalue weighted by Crippen LogP contribution is -2.32. The van der Waals surface area contributed by atoms with Crippen LogP contribution in [0.5, 0.6) is 5.75 Å². The fraction of sp³-hybridized carbons (Fsp3) is 0.462. The molecular formula is C13H21ClN2O2. The Labute approximate surface area is 114 Å². The maximum atomic E-state index is 11.5. The lowest BCUT2D eigenvalue weighted by molar-refractivity contribution is -0.117. The summed E-state index contributed by atoms with van der Waals surface area (Å²) in [6.45, 7) is 7.80. The van der Waals surface area contributed by atoms with Crippen molar-refractivity contribution in [3.05, 3.63) is 23.8 Å². The summed E-state index contributed by atoms with van der Waals surface area (Å²) in [5.74, 6) is -0.265. The van der Waals surface area contributed by atoms with E-state index in [-0.39, 0.29) is 29.5 Å². The van der Waals surface area contributed by atoms with E-state index >= 15 is 0 Å². The van der Waals surface area contributed by atoms with Crippen LogP contribution in [0, 0.1) is 0 Å². The Morgan fingerprint density at radius 3 is 2.39 bits per heavy atom. The highest BCUT2D eigenvalue weighted by Gasteiger charge is 2.17. The molecule has 0 spiro atoms. The summed E-state index contributed by atoms with van der Waals surface area (Å²) in [5, 5.41) is 12.3. The molecule has 0 radical (unpaired) electrons. The van der Waals surface area contributed by atoms with Crippen LogP contribution in [0.3, 0.4) is 0 Å². The van der Waals surface area contributed by atoms with Crippen LogP contribution in [0.1, 0.15) is 33.3 Å². The van der Waals surface area contributed by atoms with Crippen molar-refractivity contribution in [1.82, 2.24) is 0 Å². The van der Waals surface area contributed by atoms with Gasteiger partial charge in [-0.05, 0) is 30.0 Å². The second-order valence-electron chi connectivity index (χ2n) is 5.26. The average Bonchev–Trinajstić information content (AvgIpc) is 2.19. The molecule has 0 aliphatic rings. The third-order valence-electron chi connectivity index (χ3n) is 2.53. The van der Waals surface area contributed by atoms with Crippen LogP contribution in [-0.2, 0) is 10.2 Å². The zero-order valence-corrected chi connectivity index (χ0v) is 12.0. The summed E-state index contributed by atoms with van der Waals surface area (Å²) in [6.07, 6.45) is 0. The SMILES string of the molecule is C[C@H](N)C(=O)Nc1cc(C(C)(C)C)ccc1O.Cl. The minimum Gasteiger partial charge on any atom is -0.506 e. The number of amides is 1. The lowest BCUT2D eigenvalue weighted by atomic mass is 9.87. The van der Waals surface area contributed by atoms with E-state index in [9.17, 15) is 9.90 Å². The van der Waals surface area contributed by atoms with Gasteiger partial charge in [0.25, 0.3) is 0 Å². The number of nitrogens with two attached hydrogens (primary N) is 1. The molecule has 0 saturated heterocycles. The quantitative estimate of drug-likeness (QED) is 0.724. The molecule has 0 aliphatic heterocycles. The maximum absolute atomic E-state index is 11.5. The lowest BCUT2D eigenvalue weighted by Gasteiger charge is -2.20. The van der Waals surface area contributed by atoms with Gasteiger partial charge in [0, 0.05) is 0 Å². The van der Waals surface area contributed by atoms with Crippen LogP contribution in [0.4, 0.5) is 5.69 Å². The number of hydrogen-bond donors (Lipinski definition) is 3. The minimum atomic E-state index is -0.604. The molecule has 0 saturated carbocycles. The molecule has 0 unspecified atom stereocenters. The number of carbonyl (C=O) groups is 1. The first kappa shape index (κ1) is 16.7. The molecule has 4 nitrogen and oxygen atoms in total. The van der Waals surface area contributed by atoms with Crippen molar-refractivity contribution in [3.8, 4) is 5.75 Å². The molecule has 0 fully saturated rings. The summed E-state index contributed by atoms with van der Waals surface area (Å²) in [7, 11) is 0. The average molecular weight is 273 g/mol. The Hall–Kier alpha value is -1.26. The van der Waals surface area contributed by atoms with Crippen molar-refractivity contribution in [1.29, 1.82) is 0 Å². The van der Waals surface area contributed by atoms with E-state index in [1.807, 2.05) is 6.07 Å². The van der Waals surface area contributed by atoms with Crippen molar-refractivity contribution in [3.63, 3.8) is 0 Å². The monoisotopic (exact) mass is 272 g/mol. The summed E-state index contributed by atoms with van der Waals surface area (Å²) >= 11 is 0. The number of hydrogen-bond acceptors (Lipinski definition) is 3. The van der Waals surface area contributed by atoms with Crippen molar-refractivity contribution in [2.75, 3.05) is 5.32 Å². The zero-order valence-electron chi connectivity index (χ0n) is 11.2. The van der Waals surface area contributed by atoms with Gasteiger partial charge in [0.05, 0.1) is 11.7 Å². The molecule has 1 aromatic carbocycles. The number of rotatable bonds is 2. The van der Waals surface area contributed by atoms with E-state index in [0.717, 1.165) is 5.56 Å². The molecule has 0 aromatic heterocycles. The molecule has 1 amide bonds. The Balaban J connectivity index is 0.00000289. The highest BCUT2D eigenvalue weighted by molar-refractivity contribution is 5.95. The third-order valence-corrected chi connectivity index (χ3v) is 2.53. The first-order valence-electron chi connectivity index (χ1n) is 5.62. The second-order valence-corrected chi connectivity index (χ2v) is 5.26. The molecule has 0 bridgehead atoms. The van der Waals surface area contributed by atoms with Crippen LogP contribution in [0.15, 0.2) is 18.2 Å². The standard InChI is InChI=1S/C13H20N2O2.ClH/c1-8(14)12(17)15-10-7-9(13(2,3)4)5-6-11(10)16;/h5-8,16H,14H2,1-4H3,(H,15,17);1H/t8-;/m0./s1. The van der Waals surface area contributed by atoms with Crippen LogP contribution < -0.4 is 11.1 Å². The van der Waals surface area contributed by atoms with E-state index in [0.29, 0.717) is 5.69 Å². The number of nitrogens with one attached hydrogen (secondary N) is 1. The Morgan fingerprint density at radius 1 is 1.39 bits per heavy atom. The van der Waals surface area contributed by atoms with E-state index in [1.165, 1.54) is 0 Å². The highest BCUT2D eigenvalue weighted by atomic mass is 35.5. The predicted molar refractivity (Wildman–Crippen MR) is 76.3 cm³/mol. The predicted octanol–water partition coefficient (Wildman–Crippen LogP) is 2.40. The maximum Gasteiger partial charge on any atom is 0.241 e.